The van der Waals surface area contributed by atoms with Crippen LogP contribution in [0.1, 0.15) is 12.0 Å². The van der Waals surface area contributed by atoms with Gasteiger partial charge in [0.05, 0.1) is 23.0 Å². The molecular weight excluding hydrogens is 522 g/mol. The van der Waals surface area contributed by atoms with Crippen molar-refractivity contribution in [1.29, 1.82) is 0 Å². The number of aromatic nitrogens is 6. The molecule has 1 aliphatic rings. The van der Waals surface area contributed by atoms with E-state index in [4.69, 9.17) is 0 Å². The highest BCUT2D eigenvalue weighted by molar-refractivity contribution is 5.98. The zero-order chi connectivity index (χ0) is 27.4. The first-order chi connectivity index (χ1) is 19.4. The van der Waals surface area contributed by atoms with Crippen LogP contribution in [-0.2, 0) is 6.54 Å². The Balaban J connectivity index is 1.29. The zero-order valence-corrected chi connectivity index (χ0v) is 20.9. The Kier molecular flexibility index (Phi) is 5.63. The molecule has 0 saturated carbocycles. The van der Waals surface area contributed by atoms with Crippen LogP contribution in [0.25, 0.3) is 55.8 Å². The smallest absolute Gasteiger partial charge is 0.261 e. The fraction of sp³-hybridized carbons (Fsp3) is 0.172. The SMILES string of the molecule is Fc1ccccc1-c1nccc2[nH]c(-c3n[nH]c4ccc(-c5cncc(CN6CCC(F)(F)C6)c5)c(F)c34)nc12. The van der Waals surface area contributed by atoms with Crippen LogP contribution in [-0.4, -0.2) is 54.0 Å². The number of halogens is 4. The summed E-state index contributed by atoms with van der Waals surface area (Å²) in [4.78, 5) is 18.0. The van der Waals surface area contributed by atoms with Crippen LogP contribution in [0.3, 0.4) is 0 Å². The number of nitrogens with zero attached hydrogens (tertiary/aromatic N) is 5. The largest absolute Gasteiger partial charge is 0.336 e. The van der Waals surface area contributed by atoms with Crippen molar-refractivity contribution in [2.45, 2.75) is 18.9 Å². The number of hydrogen-bond acceptors (Lipinski definition) is 5. The molecule has 40 heavy (non-hydrogen) atoms. The summed E-state index contributed by atoms with van der Waals surface area (Å²) in [6.07, 6.45) is 4.53. The first kappa shape index (κ1) is 24.4. The van der Waals surface area contributed by atoms with Gasteiger partial charge in [0.15, 0.2) is 5.82 Å². The summed E-state index contributed by atoms with van der Waals surface area (Å²) < 4.78 is 57.9. The number of aromatic amines is 2. The van der Waals surface area contributed by atoms with E-state index in [9.17, 15) is 13.2 Å². The minimum Gasteiger partial charge on any atom is -0.336 e. The molecule has 0 aliphatic carbocycles. The van der Waals surface area contributed by atoms with E-state index in [1.54, 1.807) is 66.0 Å². The number of fused-ring (bicyclic) bond motifs is 2. The maximum Gasteiger partial charge on any atom is 0.261 e. The second-order valence-corrected chi connectivity index (χ2v) is 9.94. The third kappa shape index (κ3) is 4.19. The minimum absolute atomic E-state index is 0.172. The summed E-state index contributed by atoms with van der Waals surface area (Å²) >= 11 is 0. The predicted octanol–water partition coefficient (Wildman–Crippen LogP) is 6.35. The molecule has 11 heteroatoms. The standard InChI is InChI=1S/C29H21F4N7/c30-20-4-2-1-3-19(20)25-26-22(7-9-35-25)36-28(37-26)27-23-21(38-39-27)6-5-18(24(23)31)17-11-16(12-34-13-17)14-40-10-8-29(32,33)15-40/h1-7,9,11-13H,8,10,14-15H2,(H,36,37)(H,38,39). The van der Waals surface area contributed by atoms with Crippen LogP contribution >= 0.6 is 0 Å². The fourth-order valence-corrected chi connectivity index (χ4v) is 5.29. The zero-order valence-electron chi connectivity index (χ0n) is 20.9. The summed E-state index contributed by atoms with van der Waals surface area (Å²) in [5.74, 6) is -3.35. The molecule has 6 aromatic rings. The summed E-state index contributed by atoms with van der Waals surface area (Å²) in [5.41, 5.74) is 3.94. The Labute approximate surface area is 224 Å². The Hall–Kier alpha value is -4.64. The van der Waals surface area contributed by atoms with Gasteiger partial charge in [0.1, 0.15) is 28.5 Å². The number of rotatable bonds is 5. The summed E-state index contributed by atoms with van der Waals surface area (Å²) in [6.45, 7) is 0.289. The molecule has 0 radical (unpaired) electrons. The van der Waals surface area contributed by atoms with Crippen LogP contribution < -0.4 is 0 Å². The molecule has 2 aromatic carbocycles. The quantitative estimate of drug-likeness (QED) is 0.248. The minimum atomic E-state index is -2.69. The topological polar surface area (TPSA) is 86.4 Å². The third-order valence-corrected chi connectivity index (χ3v) is 7.18. The predicted molar refractivity (Wildman–Crippen MR) is 142 cm³/mol. The van der Waals surface area contributed by atoms with Crippen molar-refractivity contribution in [2.24, 2.45) is 0 Å². The molecule has 200 valence electrons. The fourth-order valence-electron chi connectivity index (χ4n) is 5.29. The number of benzene rings is 2. The van der Waals surface area contributed by atoms with Crippen molar-refractivity contribution < 1.29 is 17.6 Å². The molecule has 1 fully saturated rings. The van der Waals surface area contributed by atoms with Crippen molar-refractivity contribution in [3.05, 3.63) is 84.3 Å². The number of H-pyrrole nitrogens is 2. The molecule has 0 unspecified atom stereocenters. The molecule has 0 atom stereocenters. The van der Waals surface area contributed by atoms with Gasteiger partial charge in [-0.05, 0) is 42.0 Å². The van der Waals surface area contributed by atoms with Crippen LogP contribution in [0.5, 0.6) is 0 Å². The lowest BCUT2D eigenvalue weighted by Crippen LogP contribution is -2.24. The average Bonchev–Trinajstić information content (AvgIpc) is 3.65. The van der Waals surface area contributed by atoms with E-state index >= 15 is 4.39 Å². The molecule has 1 aliphatic heterocycles. The molecule has 5 heterocycles. The van der Waals surface area contributed by atoms with Gasteiger partial charge in [0.2, 0.25) is 0 Å². The molecule has 7 rings (SSSR count). The number of nitrogens with one attached hydrogen (secondary N) is 2. The van der Waals surface area contributed by atoms with Gasteiger partial charge >= 0.3 is 0 Å². The molecule has 0 amide bonds. The van der Waals surface area contributed by atoms with Gasteiger partial charge in [-0.15, -0.1) is 0 Å². The lowest BCUT2D eigenvalue weighted by Gasteiger charge is -2.16. The van der Waals surface area contributed by atoms with Crippen LogP contribution in [0.2, 0.25) is 0 Å². The number of imidazole rings is 1. The normalized spacial score (nSPS) is 15.4. The first-order valence-electron chi connectivity index (χ1n) is 12.7. The summed E-state index contributed by atoms with van der Waals surface area (Å²) in [7, 11) is 0. The van der Waals surface area contributed by atoms with Gasteiger partial charge in [0, 0.05) is 54.8 Å². The van der Waals surface area contributed by atoms with Crippen molar-refractivity contribution in [2.75, 3.05) is 13.1 Å². The second kappa shape index (κ2) is 9.23. The summed E-state index contributed by atoms with van der Waals surface area (Å²) in [5, 5.41) is 7.41. The number of alkyl halides is 2. The molecule has 0 bridgehead atoms. The molecule has 1 saturated heterocycles. The van der Waals surface area contributed by atoms with Gasteiger partial charge in [-0.2, -0.15) is 5.10 Å². The second-order valence-electron chi connectivity index (χ2n) is 9.94. The molecule has 2 N–H and O–H groups in total. The average molecular weight is 544 g/mol. The maximum atomic E-state index is 16.1. The molecule has 4 aromatic heterocycles. The van der Waals surface area contributed by atoms with Gasteiger partial charge < -0.3 is 4.98 Å². The Morgan fingerprint density at radius 1 is 0.950 bits per heavy atom. The van der Waals surface area contributed by atoms with Crippen LogP contribution in [0.4, 0.5) is 17.6 Å². The Morgan fingerprint density at radius 2 is 1.82 bits per heavy atom. The van der Waals surface area contributed by atoms with Crippen LogP contribution in [0, 0.1) is 11.6 Å². The molecular formula is C29H21F4N7. The Morgan fingerprint density at radius 3 is 2.65 bits per heavy atom. The highest BCUT2D eigenvalue weighted by Crippen LogP contribution is 2.36. The number of likely N-dealkylation sites (tertiary alicyclic amines) is 1. The van der Waals surface area contributed by atoms with Gasteiger partial charge in [0.25, 0.3) is 5.92 Å². The highest BCUT2D eigenvalue weighted by atomic mass is 19.3. The Bertz CT molecular complexity index is 1890. The van der Waals surface area contributed by atoms with Crippen molar-refractivity contribution in [3.8, 4) is 33.9 Å². The van der Waals surface area contributed by atoms with E-state index in [2.05, 4.69) is 30.1 Å². The van der Waals surface area contributed by atoms with E-state index in [1.165, 1.54) is 6.07 Å². The summed E-state index contributed by atoms with van der Waals surface area (Å²) in [6, 6.07) is 13.1. The van der Waals surface area contributed by atoms with Crippen LogP contribution in [0.15, 0.2) is 67.1 Å². The van der Waals surface area contributed by atoms with Gasteiger partial charge in [-0.1, -0.05) is 12.1 Å². The van der Waals surface area contributed by atoms with Gasteiger partial charge in [-0.3, -0.25) is 20.0 Å². The van der Waals surface area contributed by atoms with E-state index in [0.717, 1.165) is 0 Å². The lowest BCUT2D eigenvalue weighted by atomic mass is 10.0. The maximum absolute atomic E-state index is 16.1. The first-order valence-corrected chi connectivity index (χ1v) is 12.7. The number of hydrogen-bond donors (Lipinski definition) is 2. The van der Waals surface area contributed by atoms with Gasteiger partial charge in [-0.25, -0.2) is 22.5 Å². The lowest BCUT2D eigenvalue weighted by molar-refractivity contribution is 0.0115. The molecule has 0 spiro atoms. The number of pyridine rings is 2. The van der Waals surface area contributed by atoms with Crippen molar-refractivity contribution in [1.82, 2.24) is 35.0 Å². The molecule has 7 nitrogen and oxygen atoms in total. The third-order valence-electron chi connectivity index (χ3n) is 7.18. The van der Waals surface area contributed by atoms with E-state index in [1.807, 2.05) is 0 Å². The monoisotopic (exact) mass is 543 g/mol. The van der Waals surface area contributed by atoms with E-state index < -0.39 is 17.6 Å². The van der Waals surface area contributed by atoms with E-state index in [-0.39, 0.29) is 24.0 Å². The highest BCUT2D eigenvalue weighted by Gasteiger charge is 2.38. The van der Waals surface area contributed by atoms with Crippen molar-refractivity contribution in [3.63, 3.8) is 0 Å². The van der Waals surface area contributed by atoms with Crippen molar-refractivity contribution >= 4 is 21.9 Å². The van der Waals surface area contributed by atoms with E-state index in [0.29, 0.717) is 63.4 Å².